The molecule has 1 aromatic rings. The van der Waals surface area contributed by atoms with Crippen molar-refractivity contribution in [3.8, 4) is 0 Å². The van der Waals surface area contributed by atoms with E-state index in [2.05, 4.69) is 25.9 Å². The van der Waals surface area contributed by atoms with Gasteiger partial charge in [0.05, 0.1) is 25.0 Å². The number of aliphatic hydroxyl groups excluding tert-OH is 1. The van der Waals surface area contributed by atoms with E-state index in [4.69, 9.17) is 10.8 Å². The first-order valence-electron chi connectivity index (χ1n) is 9.57. The maximum Gasteiger partial charge on any atom is 0.328 e. The summed E-state index contributed by atoms with van der Waals surface area (Å²) in [7, 11) is 0. The van der Waals surface area contributed by atoms with Gasteiger partial charge in [0.15, 0.2) is 6.04 Å². The number of H-pyrrole nitrogens is 1. The highest BCUT2D eigenvalue weighted by molar-refractivity contribution is 5.92. The van der Waals surface area contributed by atoms with Gasteiger partial charge in [-0.05, 0) is 12.8 Å². The van der Waals surface area contributed by atoms with Crippen LogP contribution in [0, 0.1) is 5.92 Å². The van der Waals surface area contributed by atoms with E-state index in [1.807, 2.05) is 13.8 Å². The lowest BCUT2D eigenvalue weighted by atomic mass is 9.99. The predicted octanol–water partition coefficient (Wildman–Crippen LogP) is -2.12. The second-order valence-electron chi connectivity index (χ2n) is 7.10. The summed E-state index contributed by atoms with van der Waals surface area (Å²) >= 11 is 0. The molecule has 30 heavy (non-hydrogen) atoms. The number of imidazole rings is 1. The Kier molecular flexibility index (Phi) is 9.92. The molecule has 3 amide bonds. The van der Waals surface area contributed by atoms with Crippen LogP contribution < -0.4 is 21.7 Å². The molecule has 0 aliphatic rings. The first-order valence-corrected chi connectivity index (χ1v) is 9.57. The van der Waals surface area contributed by atoms with E-state index in [0.717, 1.165) is 0 Å². The Morgan fingerprint density at radius 2 is 1.87 bits per heavy atom. The minimum absolute atomic E-state index is 0.00987. The molecule has 5 atom stereocenters. The van der Waals surface area contributed by atoms with Crippen LogP contribution in [0.5, 0.6) is 0 Å². The molecule has 0 aliphatic carbocycles. The van der Waals surface area contributed by atoms with Crippen molar-refractivity contribution in [3.63, 3.8) is 0 Å². The van der Waals surface area contributed by atoms with Crippen LogP contribution in [0.2, 0.25) is 0 Å². The van der Waals surface area contributed by atoms with E-state index >= 15 is 0 Å². The summed E-state index contributed by atoms with van der Waals surface area (Å²) in [5.41, 5.74) is 6.33. The summed E-state index contributed by atoms with van der Waals surface area (Å²) in [4.78, 5) is 54.7. The molecule has 8 N–H and O–H groups in total. The number of nitrogens with zero attached hydrogens (tertiary/aromatic N) is 1. The van der Waals surface area contributed by atoms with E-state index in [1.54, 1.807) is 0 Å². The number of carbonyl (C=O) groups excluding carboxylic acids is 3. The van der Waals surface area contributed by atoms with Crippen LogP contribution in [-0.4, -0.2) is 74.6 Å². The van der Waals surface area contributed by atoms with Crippen LogP contribution in [-0.2, 0) is 25.6 Å². The van der Waals surface area contributed by atoms with E-state index < -0.39 is 54.5 Å². The number of carbonyl (C=O) groups is 4. The number of aromatic amines is 1. The quantitative estimate of drug-likeness (QED) is 0.196. The number of amides is 3. The summed E-state index contributed by atoms with van der Waals surface area (Å²) in [6, 6.07) is -3.49. The van der Waals surface area contributed by atoms with Gasteiger partial charge in [-0.1, -0.05) is 20.3 Å². The van der Waals surface area contributed by atoms with Crippen molar-refractivity contribution >= 4 is 23.7 Å². The van der Waals surface area contributed by atoms with Crippen LogP contribution >= 0.6 is 0 Å². The summed E-state index contributed by atoms with van der Waals surface area (Å²) in [6.45, 7) is 4.52. The van der Waals surface area contributed by atoms with Crippen molar-refractivity contribution < 1.29 is 29.4 Å². The van der Waals surface area contributed by atoms with Gasteiger partial charge < -0.3 is 36.9 Å². The smallest absolute Gasteiger partial charge is 0.328 e. The zero-order chi connectivity index (χ0) is 22.8. The second-order valence-corrected chi connectivity index (χ2v) is 7.10. The molecule has 0 aliphatic heterocycles. The van der Waals surface area contributed by atoms with E-state index in [9.17, 15) is 24.3 Å². The highest BCUT2D eigenvalue weighted by Crippen LogP contribution is 2.05. The summed E-state index contributed by atoms with van der Waals surface area (Å²) in [5.74, 6) is -3.46. The van der Waals surface area contributed by atoms with Crippen molar-refractivity contribution in [2.45, 2.75) is 57.8 Å². The molecule has 5 unspecified atom stereocenters. The maximum absolute atomic E-state index is 12.6. The van der Waals surface area contributed by atoms with Crippen molar-refractivity contribution in [2.75, 3.05) is 6.54 Å². The second kappa shape index (κ2) is 11.9. The lowest BCUT2D eigenvalue weighted by molar-refractivity contribution is -0.145. The molecule has 0 bridgehead atoms. The summed E-state index contributed by atoms with van der Waals surface area (Å²) in [6.07, 6.45) is 2.17. The standard InChI is InChI=1S/C18H30N6O6/c1-4-9(2)14(19)17(28)21-7-13(26)23-12(5-11-6-20-8-22-11)16(27)24-15(10(3)25)18(29)30/h6,8-10,12,14-15,25H,4-5,7,19H2,1-3H3,(H,20,22)(H,21,28)(H,23,26)(H,24,27)(H,29,30). The first kappa shape index (κ1) is 25.0. The Morgan fingerprint density at radius 3 is 2.37 bits per heavy atom. The zero-order valence-corrected chi connectivity index (χ0v) is 17.2. The van der Waals surface area contributed by atoms with Crippen LogP contribution in [0.15, 0.2) is 12.5 Å². The molecule has 0 saturated heterocycles. The number of carboxylic acid groups (broad SMARTS) is 1. The number of nitrogens with one attached hydrogen (secondary N) is 4. The molecule has 0 saturated carbocycles. The van der Waals surface area contributed by atoms with E-state index in [0.29, 0.717) is 12.1 Å². The number of nitrogens with two attached hydrogens (primary N) is 1. The molecular formula is C18H30N6O6. The fourth-order valence-corrected chi connectivity index (χ4v) is 2.51. The Bertz CT molecular complexity index is 723. The SMILES string of the molecule is CCC(C)C(N)C(=O)NCC(=O)NC(Cc1cnc[nH]1)C(=O)NC(C(=O)O)C(C)O. The van der Waals surface area contributed by atoms with Gasteiger partial charge in [-0.3, -0.25) is 14.4 Å². The zero-order valence-electron chi connectivity index (χ0n) is 17.2. The van der Waals surface area contributed by atoms with Gasteiger partial charge in [-0.25, -0.2) is 9.78 Å². The molecule has 168 valence electrons. The number of rotatable bonds is 12. The third-order valence-corrected chi connectivity index (χ3v) is 4.66. The van der Waals surface area contributed by atoms with Gasteiger partial charge in [0.2, 0.25) is 17.7 Å². The molecule has 0 aromatic carbocycles. The lowest BCUT2D eigenvalue weighted by Crippen LogP contribution is -2.56. The van der Waals surface area contributed by atoms with Crippen LogP contribution in [0.4, 0.5) is 0 Å². The van der Waals surface area contributed by atoms with E-state index in [-0.39, 0.29) is 12.3 Å². The number of aliphatic hydroxyl groups is 1. The third-order valence-electron chi connectivity index (χ3n) is 4.66. The number of hydrogen-bond donors (Lipinski definition) is 7. The lowest BCUT2D eigenvalue weighted by Gasteiger charge is -2.23. The number of aromatic nitrogens is 2. The highest BCUT2D eigenvalue weighted by Gasteiger charge is 2.30. The molecule has 0 fully saturated rings. The maximum atomic E-state index is 12.6. The minimum atomic E-state index is -1.55. The Labute approximate surface area is 174 Å². The molecule has 12 nitrogen and oxygen atoms in total. The molecule has 1 rings (SSSR count). The molecule has 0 spiro atoms. The Balaban J connectivity index is 2.78. The normalized spacial score (nSPS) is 15.9. The van der Waals surface area contributed by atoms with Crippen LogP contribution in [0.3, 0.4) is 0 Å². The first-order chi connectivity index (χ1) is 14.1. The average Bonchev–Trinajstić information content (AvgIpc) is 3.20. The summed E-state index contributed by atoms with van der Waals surface area (Å²) in [5, 5.41) is 25.8. The van der Waals surface area contributed by atoms with Crippen LogP contribution in [0.25, 0.3) is 0 Å². The van der Waals surface area contributed by atoms with Crippen molar-refractivity contribution in [1.29, 1.82) is 0 Å². The van der Waals surface area contributed by atoms with Gasteiger partial charge in [0.1, 0.15) is 6.04 Å². The van der Waals surface area contributed by atoms with Gasteiger partial charge in [-0.2, -0.15) is 0 Å². The fraction of sp³-hybridized carbons (Fsp3) is 0.611. The van der Waals surface area contributed by atoms with E-state index in [1.165, 1.54) is 19.4 Å². The molecular weight excluding hydrogens is 396 g/mol. The number of carboxylic acids is 1. The topological polar surface area (TPSA) is 200 Å². The largest absolute Gasteiger partial charge is 0.480 e. The van der Waals surface area contributed by atoms with Crippen LogP contribution in [0.1, 0.15) is 32.9 Å². The van der Waals surface area contributed by atoms with Crippen molar-refractivity contribution in [3.05, 3.63) is 18.2 Å². The number of hydrogen-bond acceptors (Lipinski definition) is 7. The average molecular weight is 426 g/mol. The fourth-order valence-electron chi connectivity index (χ4n) is 2.51. The molecule has 1 heterocycles. The Morgan fingerprint density at radius 1 is 1.20 bits per heavy atom. The van der Waals surface area contributed by atoms with Gasteiger partial charge in [0.25, 0.3) is 0 Å². The molecule has 12 heteroatoms. The Hall–Kier alpha value is -2.99. The van der Waals surface area contributed by atoms with Gasteiger partial charge in [-0.15, -0.1) is 0 Å². The predicted molar refractivity (Wildman–Crippen MR) is 106 cm³/mol. The molecule has 1 aromatic heterocycles. The van der Waals surface area contributed by atoms with Gasteiger partial charge >= 0.3 is 5.97 Å². The summed E-state index contributed by atoms with van der Waals surface area (Å²) < 4.78 is 0. The highest BCUT2D eigenvalue weighted by atomic mass is 16.4. The third kappa shape index (κ3) is 7.79. The molecule has 0 radical (unpaired) electrons. The minimum Gasteiger partial charge on any atom is -0.480 e. The van der Waals surface area contributed by atoms with Crippen molar-refractivity contribution in [1.82, 2.24) is 25.9 Å². The van der Waals surface area contributed by atoms with Crippen molar-refractivity contribution in [2.24, 2.45) is 11.7 Å². The number of aliphatic carboxylic acids is 1. The monoisotopic (exact) mass is 426 g/mol. The van der Waals surface area contributed by atoms with Gasteiger partial charge in [0, 0.05) is 18.3 Å².